The summed E-state index contributed by atoms with van der Waals surface area (Å²) < 4.78 is 29.2. The lowest BCUT2D eigenvalue weighted by atomic mass is 10.2. The van der Waals surface area contributed by atoms with Crippen LogP contribution in [-0.2, 0) is 9.09 Å². The lowest BCUT2D eigenvalue weighted by Crippen LogP contribution is -2.17. The molecule has 2 aromatic carbocycles. The number of nitrogens with one attached hydrogen (secondary N) is 1. The molecule has 1 amide bonds. The van der Waals surface area contributed by atoms with E-state index in [9.17, 15) is 9.36 Å². The molecule has 0 spiro atoms. The lowest BCUT2D eigenvalue weighted by molar-refractivity contribution is 0.0955. The van der Waals surface area contributed by atoms with Crippen LogP contribution in [0.4, 0.5) is 0 Å². The predicted octanol–water partition coefficient (Wildman–Crippen LogP) is 5.52. The topological polar surface area (TPSA) is 86.2 Å². The maximum Gasteiger partial charge on any atom is 0.440 e. The number of ether oxygens (including phenoxy) is 1. The SMILES string of the molecule is CCCSP(=O)(OCC)Oc1cccc(C=NNC(=O)c2ccc(OCC)cc2)c1. The minimum Gasteiger partial charge on any atom is -0.494 e. The van der Waals surface area contributed by atoms with Crippen molar-refractivity contribution in [1.29, 1.82) is 0 Å². The molecule has 0 aliphatic rings. The van der Waals surface area contributed by atoms with Gasteiger partial charge in [0.15, 0.2) is 0 Å². The molecule has 1 unspecified atom stereocenters. The summed E-state index contributed by atoms with van der Waals surface area (Å²) in [6.07, 6.45) is 2.36. The van der Waals surface area contributed by atoms with E-state index in [-0.39, 0.29) is 5.91 Å². The molecule has 0 aliphatic heterocycles. The van der Waals surface area contributed by atoms with E-state index in [1.165, 1.54) is 17.6 Å². The minimum absolute atomic E-state index is 0.298. The molecule has 0 saturated carbocycles. The van der Waals surface area contributed by atoms with Crippen LogP contribution >= 0.6 is 18.2 Å². The molecule has 0 fully saturated rings. The summed E-state index contributed by atoms with van der Waals surface area (Å²) >= 11 is 1.18. The normalized spacial score (nSPS) is 13.0. The fourth-order valence-electron chi connectivity index (χ4n) is 2.33. The average molecular weight is 450 g/mol. The molecule has 1 N–H and O–H groups in total. The molecule has 7 nitrogen and oxygen atoms in total. The molecule has 2 rings (SSSR count). The molecular weight excluding hydrogens is 423 g/mol. The summed E-state index contributed by atoms with van der Waals surface area (Å²) in [5, 5.41) is 3.98. The van der Waals surface area contributed by atoms with Crippen LogP contribution in [0, 0.1) is 0 Å². The quantitative estimate of drug-likeness (QED) is 0.260. The van der Waals surface area contributed by atoms with E-state index in [0.717, 1.165) is 6.42 Å². The van der Waals surface area contributed by atoms with Gasteiger partial charge in [0, 0.05) is 11.3 Å². The lowest BCUT2D eigenvalue weighted by Gasteiger charge is -2.17. The summed E-state index contributed by atoms with van der Waals surface area (Å²) in [6.45, 7) is 3.26. The molecule has 9 heteroatoms. The molecule has 0 saturated heterocycles. The van der Waals surface area contributed by atoms with E-state index in [1.807, 2.05) is 13.8 Å². The number of rotatable bonds is 12. The highest BCUT2D eigenvalue weighted by atomic mass is 32.7. The Kier molecular flexibility index (Phi) is 9.94. The fraction of sp³-hybridized carbons (Fsp3) is 0.333. The van der Waals surface area contributed by atoms with E-state index in [2.05, 4.69) is 10.5 Å². The van der Waals surface area contributed by atoms with Crippen molar-refractivity contribution < 1.29 is 23.1 Å². The van der Waals surface area contributed by atoms with Gasteiger partial charge in [-0.3, -0.25) is 9.32 Å². The Morgan fingerprint density at radius 2 is 1.87 bits per heavy atom. The number of carbonyl (C=O) groups is 1. The van der Waals surface area contributed by atoms with Gasteiger partial charge in [-0.05, 0) is 73.6 Å². The fourth-order valence-corrected chi connectivity index (χ4v) is 5.78. The number of hydrogen-bond donors (Lipinski definition) is 1. The maximum absolute atomic E-state index is 12.8. The highest BCUT2D eigenvalue weighted by Gasteiger charge is 2.26. The Balaban J connectivity index is 1.99. The third kappa shape index (κ3) is 7.86. The molecule has 0 radical (unpaired) electrons. The third-order valence-corrected chi connectivity index (χ3v) is 7.58. The standard InChI is InChI=1S/C21H27N2O5PS/c1-4-14-30-29(25,27-6-3)28-20-9-7-8-17(15-20)16-22-23-21(24)18-10-12-19(13-11-18)26-5-2/h7-13,15-16H,4-6,14H2,1-3H3,(H,23,24). The monoisotopic (exact) mass is 450 g/mol. The molecule has 0 aliphatic carbocycles. The molecule has 0 heterocycles. The van der Waals surface area contributed by atoms with Crippen molar-refractivity contribution in [3.63, 3.8) is 0 Å². The zero-order valence-corrected chi connectivity index (χ0v) is 19.1. The van der Waals surface area contributed by atoms with Crippen molar-refractivity contribution in [3.05, 3.63) is 59.7 Å². The number of hydrogen-bond acceptors (Lipinski definition) is 7. The number of hydrazone groups is 1. The summed E-state index contributed by atoms with van der Waals surface area (Å²) in [7, 11) is 0. The highest BCUT2D eigenvalue weighted by Crippen LogP contribution is 2.60. The van der Waals surface area contributed by atoms with Gasteiger partial charge in [-0.2, -0.15) is 5.10 Å². The van der Waals surface area contributed by atoms with Crippen LogP contribution < -0.4 is 14.7 Å². The van der Waals surface area contributed by atoms with Crippen LogP contribution in [0.25, 0.3) is 0 Å². The van der Waals surface area contributed by atoms with Crippen molar-refractivity contribution in [2.45, 2.75) is 27.2 Å². The van der Waals surface area contributed by atoms with Gasteiger partial charge < -0.3 is 9.26 Å². The first-order valence-electron chi connectivity index (χ1n) is 9.74. The van der Waals surface area contributed by atoms with E-state index in [4.69, 9.17) is 13.8 Å². The van der Waals surface area contributed by atoms with Crippen molar-refractivity contribution in [2.75, 3.05) is 19.0 Å². The molecule has 1 atom stereocenters. The molecule has 30 heavy (non-hydrogen) atoms. The van der Waals surface area contributed by atoms with Crippen LogP contribution in [0.3, 0.4) is 0 Å². The maximum atomic E-state index is 12.8. The Labute approximate surface area is 181 Å². The van der Waals surface area contributed by atoms with Gasteiger partial charge in [0.05, 0.1) is 19.4 Å². The van der Waals surface area contributed by atoms with Crippen LogP contribution in [-0.4, -0.2) is 31.1 Å². The second-order valence-electron chi connectivity index (χ2n) is 6.02. The van der Waals surface area contributed by atoms with Crippen molar-refractivity contribution >= 4 is 30.3 Å². The Morgan fingerprint density at radius 1 is 1.10 bits per heavy atom. The number of carbonyl (C=O) groups excluding carboxylic acids is 1. The summed E-state index contributed by atoms with van der Waals surface area (Å²) in [6, 6.07) is 13.7. The second-order valence-corrected chi connectivity index (χ2v) is 10.1. The molecular formula is C21H27N2O5PS. The van der Waals surface area contributed by atoms with E-state index in [0.29, 0.717) is 41.6 Å². The van der Waals surface area contributed by atoms with Crippen LogP contribution in [0.15, 0.2) is 53.6 Å². The molecule has 0 bridgehead atoms. The number of amides is 1. The first-order valence-corrected chi connectivity index (χ1v) is 12.9. The number of benzene rings is 2. The number of nitrogens with zero attached hydrogens (tertiary/aromatic N) is 1. The zero-order valence-electron chi connectivity index (χ0n) is 17.4. The minimum atomic E-state index is -3.28. The molecule has 2 aromatic rings. The Hall–Kier alpha value is -2.28. The second kappa shape index (κ2) is 12.4. The van der Waals surface area contributed by atoms with Gasteiger partial charge in [-0.1, -0.05) is 19.1 Å². The Morgan fingerprint density at radius 3 is 2.53 bits per heavy atom. The summed E-state index contributed by atoms with van der Waals surface area (Å²) in [5.74, 6) is 1.46. The zero-order chi connectivity index (χ0) is 21.8. The van der Waals surface area contributed by atoms with Crippen molar-refractivity contribution in [1.82, 2.24) is 5.43 Å². The van der Waals surface area contributed by atoms with Gasteiger partial charge >= 0.3 is 6.80 Å². The summed E-state index contributed by atoms with van der Waals surface area (Å²) in [4.78, 5) is 12.2. The third-order valence-electron chi connectivity index (χ3n) is 3.62. The van der Waals surface area contributed by atoms with Gasteiger partial charge in [-0.15, -0.1) is 0 Å². The predicted molar refractivity (Wildman–Crippen MR) is 122 cm³/mol. The van der Waals surface area contributed by atoms with Crippen LogP contribution in [0.5, 0.6) is 11.5 Å². The summed E-state index contributed by atoms with van der Waals surface area (Å²) in [5.41, 5.74) is 3.63. The van der Waals surface area contributed by atoms with Crippen molar-refractivity contribution in [3.8, 4) is 11.5 Å². The van der Waals surface area contributed by atoms with Crippen molar-refractivity contribution in [2.24, 2.45) is 5.10 Å². The molecule has 0 aromatic heterocycles. The Bertz CT molecular complexity index is 889. The van der Waals surface area contributed by atoms with E-state index < -0.39 is 6.80 Å². The van der Waals surface area contributed by atoms with E-state index in [1.54, 1.807) is 55.5 Å². The largest absolute Gasteiger partial charge is 0.494 e. The smallest absolute Gasteiger partial charge is 0.440 e. The van der Waals surface area contributed by atoms with Crippen LogP contribution in [0.1, 0.15) is 43.1 Å². The molecule has 162 valence electrons. The first-order chi connectivity index (χ1) is 14.5. The average Bonchev–Trinajstić information content (AvgIpc) is 2.73. The van der Waals surface area contributed by atoms with Gasteiger partial charge in [0.2, 0.25) is 0 Å². The van der Waals surface area contributed by atoms with Gasteiger partial charge in [-0.25, -0.2) is 9.99 Å². The highest BCUT2D eigenvalue weighted by molar-refractivity contribution is 8.55. The van der Waals surface area contributed by atoms with Gasteiger partial charge in [0.25, 0.3) is 5.91 Å². The van der Waals surface area contributed by atoms with Gasteiger partial charge in [0.1, 0.15) is 11.5 Å². The van der Waals surface area contributed by atoms with Crippen LogP contribution in [0.2, 0.25) is 0 Å². The first kappa shape index (κ1) is 24.0. The van der Waals surface area contributed by atoms with E-state index >= 15 is 0 Å².